The summed E-state index contributed by atoms with van der Waals surface area (Å²) in [5.41, 5.74) is 3.22. The van der Waals surface area contributed by atoms with Crippen molar-refractivity contribution in [1.82, 2.24) is 4.90 Å². The summed E-state index contributed by atoms with van der Waals surface area (Å²) in [5, 5.41) is 6.67. The molecule has 3 rings (SSSR count). The molecule has 0 saturated carbocycles. The number of piperidine rings is 1. The van der Waals surface area contributed by atoms with Crippen molar-refractivity contribution in [2.24, 2.45) is 4.99 Å². The van der Waals surface area contributed by atoms with E-state index in [2.05, 4.69) is 38.6 Å². The zero-order valence-corrected chi connectivity index (χ0v) is 21.2. The highest BCUT2D eigenvalue weighted by molar-refractivity contribution is 6.39. The van der Waals surface area contributed by atoms with Gasteiger partial charge in [-0.25, -0.2) is 4.99 Å². The number of halogens is 1. The molecule has 2 fully saturated rings. The van der Waals surface area contributed by atoms with E-state index < -0.39 is 0 Å². The van der Waals surface area contributed by atoms with Crippen molar-refractivity contribution in [2.75, 3.05) is 48.8 Å². The third-order valence-corrected chi connectivity index (χ3v) is 6.79. The SMILES string of the molecule is C=CC(=O)Nc1cc(NC(=C)N=CC(Cl)=C(C)C)c(OC)cc1N1CCC(N2CCCC2)CC1. The van der Waals surface area contributed by atoms with Gasteiger partial charge in [0.2, 0.25) is 5.91 Å². The minimum absolute atomic E-state index is 0.267. The Morgan fingerprint density at radius 2 is 1.82 bits per heavy atom. The van der Waals surface area contributed by atoms with E-state index in [4.69, 9.17) is 16.3 Å². The first-order valence-corrected chi connectivity index (χ1v) is 12.2. The summed E-state index contributed by atoms with van der Waals surface area (Å²) >= 11 is 6.15. The number of nitrogens with zero attached hydrogens (tertiary/aromatic N) is 3. The molecule has 0 aliphatic carbocycles. The summed E-state index contributed by atoms with van der Waals surface area (Å²) in [6.45, 7) is 15.6. The average molecular weight is 486 g/mol. The number of rotatable bonds is 9. The lowest BCUT2D eigenvalue weighted by atomic mass is 10.0. The van der Waals surface area contributed by atoms with Gasteiger partial charge in [0.25, 0.3) is 0 Å². The summed E-state index contributed by atoms with van der Waals surface area (Å²) in [5.74, 6) is 0.771. The number of aliphatic imine (C=N–C) groups is 1. The van der Waals surface area contributed by atoms with Crippen LogP contribution in [0.15, 0.2) is 52.8 Å². The van der Waals surface area contributed by atoms with Crippen LogP contribution in [0.25, 0.3) is 0 Å². The molecule has 2 saturated heterocycles. The number of benzene rings is 1. The maximum absolute atomic E-state index is 12.2. The van der Waals surface area contributed by atoms with E-state index in [0.29, 0.717) is 34.0 Å². The van der Waals surface area contributed by atoms with Crippen LogP contribution in [0.2, 0.25) is 0 Å². The van der Waals surface area contributed by atoms with Crippen LogP contribution >= 0.6 is 11.6 Å². The van der Waals surface area contributed by atoms with Crippen LogP contribution in [-0.4, -0.2) is 56.4 Å². The van der Waals surface area contributed by atoms with E-state index >= 15 is 0 Å². The van der Waals surface area contributed by atoms with Crippen LogP contribution in [0.3, 0.4) is 0 Å². The molecule has 1 amide bonds. The third kappa shape index (κ3) is 6.64. The van der Waals surface area contributed by atoms with Gasteiger partial charge in [0.1, 0.15) is 11.6 Å². The molecule has 2 heterocycles. The van der Waals surface area contributed by atoms with Crippen molar-refractivity contribution in [3.63, 3.8) is 0 Å². The Kier molecular flexibility index (Phi) is 9.19. The Hall–Kier alpha value is -2.77. The lowest BCUT2D eigenvalue weighted by Crippen LogP contribution is -2.44. The number of likely N-dealkylation sites (tertiary alicyclic amines) is 1. The third-order valence-electron chi connectivity index (χ3n) is 6.31. The lowest BCUT2D eigenvalue weighted by Gasteiger charge is -2.38. The number of nitrogens with one attached hydrogen (secondary N) is 2. The fraction of sp³-hybridized carbons (Fsp3) is 0.462. The quantitative estimate of drug-likeness (QED) is 0.363. The van der Waals surface area contributed by atoms with E-state index in [1.165, 1.54) is 32.0 Å². The Balaban J connectivity index is 1.83. The second-order valence-corrected chi connectivity index (χ2v) is 9.31. The van der Waals surface area contributed by atoms with Gasteiger partial charge in [0, 0.05) is 31.4 Å². The average Bonchev–Trinajstić information content (AvgIpc) is 3.37. The van der Waals surface area contributed by atoms with Crippen molar-refractivity contribution in [3.05, 3.63) is 47.8 Å². The molecule has 34 heavy (non-hydrogen) atoms. The number of ether oxygens (including phenoxy) is 1. The highest BCUT2D eigenvalue weighted by atomic mass is 35.5. The highest BCUT2D eigenvalue weighted by Gasteiger charge is 2.28. The molecular formula is C26H36ClN5O2. The van der Waals surface area contributed by atoms with Crippen LogP contribution < -0.4 is 20.3 Å². The second kappa shape index (κ2) is 12.1. The van der Waals surface area contributed by atoms with E-state index in [-0.39, 0.29) is 5.91 Å². The van der Waals surface area contributed by atoms with Crippen molar-refractivity contribution < 1.29 is 9.53 Å². The molecule has 2 aliphatic rings. The van der Waals surface area contributed by atoms with Crippen LogP contribution in [0.1, 0.15) is 39.5 Å². The fourth-order valence-corrected chi connectivity index (χ4v) is 4.46. The van der Waals surface area contributed by atoms with E-state index in [0.717, 1.165) is 37.2 Å². The van der Waals surface area contributed by atoms with Gasteiger partial charge in [0.05, 0.1) is 29.2 Å². The van der Waals surface area contributed by atoms with Crippen molar-refractivity contribution in [2.45, 2.75) is 45.6 Å². The van der Waals surface area contributed by atoms with Crippen molar-refractivity contribution >= 4 is 40.8 Å². The maximum atomic E-state index is 12.2. The molecule has 0 unspecified atom stereocenters. The van der Waals surface area contributed by atoms with Crippen molar-refractivity contribution in [1.29, 1.82) is 0 Å². The molecular weight excluding hydrogens is 450 g/mol. The smallest absolute Gasteiger partial charge is 0.247 e. The predicted octanol–water partition coefficient (Wildman–Crippen LogP) is 5.37. The zero-order valence-electron chi connectivity index (χ0n) is 20.5. The van der Waals surface area contributed by atoms with Crippen LogP contribution in [0.4, 0.5) is 17.1 Å². The maximum Gasteiger partial charge on any atom is 0.247 e. The van der Waals surface area contributed by atoms with Crippen LogP contribution in [0.5, 0.6) is 5.75 Å². The number of carbonyl (C=O) groups is 1. The normalized spacial score (nSPS) is 17.0. The van der Waals surface area contributed by atoms with Gasteiger partial charge in [-0.2, -0.15) is 0 Å². The minimum atomic E-state index is -0.267. The Bertz CT molecular complexity index is 970. The molecule has 1 aromatic rings. The molecule has 1 aromatic carbocycles. The largest absolute Gasteiger partial charge is 0.494 e. The number of hydrogen-bond donors (Lipinski definition) is 2. The number of allylic oxidation sites excluding steroid dienone is 2. The molecule has 0 bridgehead atoms. The first kappa shape index (κ1) is 25.8. The molecule has 0 radical (unpaired) electrons. The van der Waals surface area contributed by atoms with Gasteiger partial charge < -0.3 is 25.2 Å². The molecule has 2 N–H and O–H groups in total. The summed E-state index contributed by atoms with van der Waals surface area (Å²) in [7, 11) is 1.62. The minimum Gasteiger partial charge on any atom is -0.494 e. The number of hydrogen-bond acceptors (Lipinski definition) is 6. The monoisotopic (exact) mass is 485 g/mol. The molecule has 184 valence electrons. The summed E-state index contributed by atoms with van der Waals surface area (Å²) in [4.78, 5) is 21.4. The first-order valence-electron chi connectivity index (χ1n) is 11.8. The number of carbonyl (C=O) groups excluding carboxylic acids is 1. The van der Waals surface area contributed by atoms with E-state index in [1.807, 2.05) is 26.0 Å². The Morgan fingerprint density at radius 1 is 1.15 bits per heavy atom. The highest BCUT2D eigenvalue weighted by Crippen LogP contribution is 2.39. The molecule has 2 aliphatic heterocycles. The van der Waals surface area contributed by atoms with Gasteiger partial charge in [-0.05, 0) is 64.8 Å². The molecule has 7 nitrogen and oxygen atoms in total. The van der Waals surface area contributed by atoms with Crippen molar-refractivity contribution in [3.8, 4) is 5.75 Å². The molecule has 8 heteroatoms. The zero-order chi connectivity index (χ0) is 24.7. The lowest BCUT2D eigenvalue weighted by molar-refractivity contribution is -0.111. The van der Waals surface area contributed by atoms with Gasteiger partial charge in [-0.15, -0.1) is 0 Å². The van der Waals surface area contributed by atoms with E-state index in [9.17, 15) is 4.79 Å². The number of methoxy groups -OCH3 is 1. The Labute approximate surface area is 208 Å². The summed E-state index contributed by atoms with van der Waals surface area (Å²) < 4.78 is 5.67. The standard InChI is InChI=1S/C26H36ClN5O2/c1-6-26(33)30-22-15-23(29-19(4)28-17-21(27)18(2)3)25(34-5)16-24(22)32-13-9-20(10-14-32)31-11-7-8-12-31/h6,15-17,20,29H,1,4,7-14H2,2-3,5H3,(H,30,33). The van der Waals surface area contributed by atoms with Gasteiger partial charge in [-0.3, -0.25) is 4.79 Å². The van der Waals surface area contributed by atoms with Crippen LogP contribution in [-0.2, 0) is 4.79 Å². The molecule has 0 spiro atoms. The summed E-state index contributed by atoms with van der Waals surface area (Å²) in [6.07, 6.45) is 7.64. The second-order valence-electron chi connectivity index (χ2n) is 8.90. The fourth-order valence-electron chi connectivity index (χ4n) is 4.41. The molecule has 0 aromatic heterocycles. The van der Waals surface area contributed by atoms with Gasteiger partial charge in [0.15, 0.2) is 0 Å². The Morgan fingerprint density at radius 3 is 2.41 bits per heavy atom. The van der Waals surface area contributed by atoms with Crippen LogP contribution in [0, 0.1) is 0 Å². The van der Waals surface area contributed by atoms with Gasteiger partial charge in [-0.1, -0.05) is 30.3 Å². The molecule has 0 atom stereocenters. The van der Waals surface area contributed by atoms with Gasteiger partial charge >= 0.3 is 0 Å². The summed E-state index contributed by atoms with van der Waals surface area (Å²) in [6, 6.07) is 4.45. The number of amides is 1. The van der Waals surface area contributed by atoms with E-state index in [1.54, 1.807) is 13.3 Å². The first-order chi connectivity index (χ1) is 16.3. The number of anilines is 3. The predicted molar refractivity (Wildman–Crippen MR) is 143 cm³/mol. The topological polar surface area (TPSA) is 69.2 Å².